The summed E-state index contributed by atoms with van der Waals surface area (Å²) in [6, 6.07) is 11.3. The van der Waals surface area contributed by atoms with Crippen LogP contribution in [0.25, 0.3) is 10.2 Å². The van der Waals surface area contributed by atoms with Crippen LogP contribution in [0.5, 0.6) is 5.75 Å². The van der Waals surface area contributed by atoms with Crippen molar-refractivity contribution in [2.75, 3.05) is 20.8 Å². The second kappa shape index (κ2) is 7.85. The van der Waals surface area contributed by atoms with E-state index in [4.69, 9.17) is 9.47 Å². The van der Waals surface area contributed by atoms with Crippen molar-refractivity contribution in [1.82, 2.24) is 4.57 Å². The molecule has 5 nitrogen and oxygen atoms in total. The molecule has 1 heterocycles. The fourth-order valence-electron chi connectivity index (χ4n) is 2.90. The Morgan fingerprint density at radius 1 is 1.19 bits per heavy atom. The molecule has 3 rings (SSSR count). The van der Waals surface area contributed by atoms with Gasteiger partial charge in [0.1, 0.15) is 5.75 Å². The molecule has 0 fully saturated rings. The standard InChI is InChI=1S/C20H22N2O3S/c1-13-10-14(2)18-17(11-13)22(8-9-24-3)20(26-18)21-19(23)15-6-5-7-16(12-15)25-4/h5-7,10-12H,8-9H2,1-4H3. The average Bonchev–Trinajstić information content (AvgIpc) is 2.97. The minimum atomic E-state index is -0.281. The predicted molar refractivity (Wildman–Crippen MR) is 104 cm³/mol. The van der Waals surface area contributed by atoms with E-state index in [1.165, 1.54) is 22.5 Å². The number of hydrogen-bond donors (Lipinski definition) is 0. The minimum absolute atomic E-state index is 0.281. The molecular weight excluding hydrogens is 348 g/mol. The highest BCUT2D eigenvalue weighted by Crippen LogP contribution is 2.23. The number of hydrogen-bond acceptors (Lipinski definition) is 4. The first-order valence-electron chi connectivity index (χ1n) is 8.36. The van der Waals surface area contributed by atoms with E-state index < -0.39 is 0 Å². The Kier molecular flexibility index (Phi) is 5.54. The predicted octanol–water partition coefficient (Wildman–Crippen LogP) is 3.72. The molecule has 0 aliphatic rings. The van der Waals surface area contributed by atoms with Gasteiger partial charge in [-0.05, 0) is 49.2 Å². The van der Waals surface area contributed by atoms with Crippen molar-refractivity contribution in [2.45, 2.75) is 20.4 Å². The third kappa shape index (κ3) is 3.71. The number of carbonyl (C=O) groups excluding carboxylic acids is 1. The highest BCUT2D eigenvalue weighted by atomic mass is 32.1. The van der Waals surface area contributed by atoms with E-state index >= 15 is 0 Å². The minimum Gasteiger partial charge on any atom is -0.497 e. The summed E-state index contributed by atoms with van der Waals surface area (Å²) >= 11 is 1.53. The Hall–Kier alpha value is -2.44. The van der Waals surface area contributed by atoms with Crippen molar-refractivity contribution < 1.29 is 14.3 Å². The van der Waals surface area contributed by atoms with Crippen LogP contribution in [-0.4, -0.2) is 31.3 Å². The smallest absolute Gasteiger partial charge is 0.279 e. The first kappa shape index (κ1) is 18.4. The second-order valence-electron chi connectivity index (χ2n) is 6.11. The van der Waals surface area contributed by atoms with Gasteiger partial charge in [-0.25, -0.2) is 0 Å². The van der Waals surface area contributed by atoms with Crippen LogP contribution in [0.15, 0.2) is 41.4 Å². The van der Waals surface area contributed by atoms with E-state index in [0.717, 1.165) is 10.2 Å². The van der Waals surface area contributed by atoms with Crippen molar-refractivity contribution in [3.05, 3.63) is 57.9 Å². The zero-order valence-electron chi connectivity index (χ0n) is 15.4. The van der Waals surface area contributed by atoms with Crippen LogP contribution in [0.3, 0.4) is 0 Å². The Labute approximate surface area is 156 Å². The van der Waals surface area contributed by atoms with E-state index in [1.54, 1.807) is 38.5 Å². The van der Waals surface area contributed by atoms with Gasteiger partial charge in [-0.3, -0.25) is 4.79 Å². The van der Waals surface area contributed by atoms with Crippen molar-refractivity contribution in [1.29, 1.82) is 0 Å². The lowest BCUT2D eigenvalue weighted by Gasteiger charge is -2.06. The molecule has 0 N–H and O–H groups in total. The number of fused-ring (bicyclic) bond motifs is 1. The lowest BCUT2D eigenvalue weighted by atomic mass is 10.1. The van der Waals surface area contributed by atoms with Crippen LogP contribution in [-0.2, 0) is 11.3 Å². The first-order valence-corrected chi connectivity index (χ1v) is 9.17. The number of benzene rings is 2. The largest absolute Gasteiger partial charge is 0.497 e. The van der Waals surface area contributed by atoms with Gasteiger partial charge >= 0.3 is 0 Å². The summed E-state index contributed by atoms with van der Waals surface area (Å²) in [6.45, 7) is 5.35. The third-order valence-electron chi connectivity index (χ3n) is 4.15. The molecule has 0 saturated carbocycles. The second-order valence-corrected chi connectivity index (χ2v) is 7.09. The normalized spacial score (nSPS) is 11.9. The Bertz CT molecular complexity index is 1020. The van der Waals surface area contributed by atoms with Gasteiger partial charge in [0.15, 0.2) is 4.80 Å². The van der Waals surface area contributed by atoms with E-state index in [-0.39, 0.29) is 5.91 Å². The molecule has 0 aliphatic heterocycles. The molecule has 1 amide bonds. The molecule has 0 aliphatic carbocycles. The summed E-state index contributed by atoms with van der Waals surface area (Å²) in [7, 11) is 3.25. The number of thiazole rings is 1. The third-order valence-corrected chi connectivity index (χ3v) is 5.38. The van der Waals surface area contributed by atoms with Crippen LogP contribution >= 0.6 is 11.3 Å². The van der Waals surface area contributed by atoms with E-state index in [2.05, 4.69) is 35.5 Å². The van der Waals surface area contributed by atoms with Gasteiger partial charge in [-0.15, -0.1) is 0 Å². The highest BCUT2D eigenvalue weighted by molar-refractivity contribution is 7.16. The van der Waals surface area contributed by atoms with Crippen LogP contribution in [0.4, 0.5) is 0 Å². The molecule has 0 unspecified atom stereocenters. The maximum atomic E-state index is 12.7. The first-order chi connectivity index (χ1) is 12.5. The van der Waals surface area contributed by atoms with E-state index in [1.807, 2.05) is 0 Å². The number of amides is 1. The number of carbonyl (C=O) groups is 1. The van der Waals surface area contributed by atoms with Crippen LogP contribution in [0.1, 0.15) is 21.5 Å². The van der Waals surface area contributed by atoms with Crippen LogP contribution in [0.2, 0.25) is 0 Å². The van der Waals surface area contributed by atoms with Crippen molar-refractivity contribution in [3.8, 4) is 5.75 Å². The topological polar surface area (TPSA) is 52.8 Å². The fourth-order valence-corrected chi connectivity index (χ4v) is 4.01. The Balaban J connectivity index is 2.14. The van der Waals surface area contributed by atoms with Gasteiger partial charge in [0.25, 0.3) is 5.91 Å². The molecule has 1 aromatic heterocycles. The number of aromatic nitrogens is 1. The lowest BCUT2D eigenvalue weighted by molar-refractivity contribution is 0.0997. The number of methoxy groups -OCH3 is 2. The zero-order chi connectivity index (χ0) is 18.7. The summed E-state index contributed by atoms with van der Waals surface area (Å²) in [5, 5.41) is 0. The van der Waals surface area contributed by atoms with Crippen molar-refractivity contribution in [3.63, 3.8) is 0 Å². The fraction of sp³-hybridized carbons (Fsp3) is 0.300. The maximum absolute atomic E-state index is 12.7. The molecular formula is C20H22N2O3S. The monoisotopic (exact) mass is 370 g/mol. The van der Waals surface area contributed by atoms with Crippen LogP contribution < -0.4 is 9.54 Å². The Morgan fingerprint density at radius 2 is 2.00 bits per heavy atom. The Morgan fingerprint density at radius 3 is 2.73 bits per heavy atom. The average molecular weight is 370 g/mol. The molecule has 0 atom stereocenters. The van der Waals surface area contributed by atoms with Crippen molar-refractivity contribution >= 4 is 27.5 Å². The zero-order valence-corrected chi connectivity index (χ0v) is 16.2. The van der Waals surface area contributed by atoms with Gasteiger partial charge in [0.2, 0.25) is 0 Å². The summed E-state index contributed by atoms with van der Waals surface area (Å²) in [6.07, 6.45) is 0. The molecule has 26 heavy (non-hydrogen) atoms. The molecule has 3 aromatic rings. The summed E-state index contributed by atoms with van der Waals surface area (Å²) in [4.78, 5) is 17.8. The quantitative estimate of drug-likeness (QED) is 0.688. The molecule has 2 aromatic carbocycles. The van der Waals surface area contributed by atoms with Gasteiger partial charge in [0, 0.05) is 19.2 Å². The van der Waals surface area contributed by atoms with Gasteiger partial charge < -0.3 is 14.0 Å². The summed E-state index contributed by atoms with van der Waals surface area (Å²) < 4.78 is 13.6. The molecule has 0 radical (unpaired) electrons. The summed E-state index contributed by atoms with van der Waals surface area (Å²) in [5.74, 6) is 0.358. The summed E-state index contributed by atoms with van der Waals surface area (Å²) in [5.41, 5.74) is 3.96. The molecule has 6 heteroatoms. The van der Waals surface area contributed by atoms with Gasteiger partial charge in [-0.2, -0.15) is 4.99 Å². The highest BCUT2D eigenvalue weighted by Gasteiger charge is 2.12. The van der Waals surface area contributed by atoms with Crippen molar-refractivity contribution in [2.24, 2.45) is 4.99 Å². The van der Waals surface area contributed by atoms with E-state index in [9.17, 15) is 4.79 Å². The number of rotatable bonds is 5. The van der Waals surface area contributed by atoms with Gasteiger partial charge in [-0.1, -0.05) is 23.5 Å². The van der Waals surface area contributed by atoms with E-state index in [0.29, 0.717) is 29.3 Å². The number of ether oxygens (including phenoxy) is 2. The maximum Gasteiger partial charge on any atom is 0.279 e. The van der Waals surface area contributed by atoms with Crippen LogP contribution in [0, 0.1) is 13.8 Å². The molecule has 136 valence electrons. The number of nitrogens with zero attached hydrogens (tertiary/aromatic N) is 2. The number of aryl methyl sites for hydroxylation is 2. The molecule has 0 spiro atoms. The molecule has 0 saturated heterocycles. The van der Waals surface area contributed by atoms with Gasteiger partial charge in [0.05, 0.1) is 23.9 Å². The lowest BCUT2D eigenvalue weighted by Crippen LogP contribution is -2.19. The SMILES string of the molecule is COCCn1c(=NC(=O)c2cccc(OC)c2)sc2c(C)cc(C)cc21. The molecule has 0 bridgehead atoms.